The Balaban J connectivity index is 3.91. The van der Waals surface area contributed by atoms with E-state index in [1.165, 1.54) is 0 Å². The molecule has 0 heterocycles. The maximum absolute atomic E-state index is 11.3. The minimum Gasteiger partial charge on any atom is -0.480 e. The monoisotopic (exact) mass is 238 g/mol. The van der Waals surface area contributed by atoms with E-state index >= 15 is 0 Å². The highest BCUT2D eigenvalue weighted by Gasteiger charge is 2.15. The minimum absolute atomic E-state index is 0.0370. The Labute approximate surface area is 89.9 Å². The topological polar surface area (TPSA) is 109 Å². The summed E-state index contributed by atoms with van der Waals surface area (Å²) in [6, 6.07) is -1.02. The van der Waals surface area contributed by atoms with Gasteiger partial charge in [-0.2, -0.15) is 0 Å². The Hall–Kier alpha value is -0.660. The molecule has 0 rings (SSSR count). The van der Waals surface area contributed by atoms with Gasteiger partial charge in [0.15, 0.2) is 0 Å². The van der Waals surface area contributed by atoms with Crippen LogP contribution in [0.15, 0.2) is 0 Å². The van der Waals surface area contributed by atoms with Crippen LogP contribution in [-0.2, 0) is 14.8 Å². The van der Waals surface area contributed by atoms with Crippen LogP contribution >= 0.6 is 0 Å². The van der Waals surface area contributed by atoms with Gasteiger partial charge in [-0.1, -0.05) is 13.8 Å². The molecule has 0 radical (unpaired) electrons. The highest BCUT2D eigenvalue weighted by atomic mass is 32.2. The number of nitrogens with two attached hydrogens (primary N) is 1. The lowest BCUT2D eigenvalue weighted by Gasteiger charge is -2.10. The number of aliphatic carboxylic acids is 1. The fourth-order valence-electron chi connectivity index (χ4n) is 0.991. The highest BCUT2D eigenvalue weighted by Crippen LogP contribution is 1.97. The van der Waals surface area contributed by atoms with Gasteiger partial charge in [-0.15, -0.1) is 0 Å². The van der Waals surface area contributed by atoms with Crippen molar-refractivity contribution in [1.29, 1.82) is 0 Å². The molecule has 0 bridgehead atoms. The number of rotatable bonds is 7. The molecule has 0 fully saturated rings. The van der Waals surface area contributed by atoms with E-state index in [0.29, 0.717) is 0 Å². The molecule has 0 saturated carbocycles. The van der Waals surface area contributed by atoms with Gasteiger partial charge in [0, 0.05) is 6.54 Å². The fraction of sp³-hybridized carbons (Fsp3) is 0.875. The molecule has 6 nitrogen and oxygen atoms in total. The molecule has 0 saturated heterocycles. The van der Waals surface area contributed by atoms with E-state index in [1.54, 1.807) is 13.8 Å². The number of hydrogen-bond donors (Lipinski definition) is 3. The Morgan fingerprint density at radius 1 is 1.47 bits per heavy atom. The van der Waals surface area contributed by atoms with Crippen LogP contribution in [0.2, 0.25) is 0 Å². The quantitative estimate of drug-likeness (QED) is 0.546. The van der Waals surface area contributed by atoms with Crippen molar-refractivity contribution >= 4 is 16.0 Å². The van der Waals surface area contributed by atoms with E-state index in [1.807, 2.05) is 0 Å². The molecular weight excluding hydrogens is 220 g/mol. The van der Waals surface area contributed by atoms with Crippen molar-refractivity contribution in [3.05, 3.63) is 0 Å². The summed E-state index contributed by atoms with van der Waals surface area (Å²) < 4.78 is 24.9. The SMILES string of the molecule is CC(C)CS(=O)(=O)NCC[C@H](N)C(=O)O. The summed E-state index contributed by atoms with van der Waals surface area (Å²) in [6.45, 7) is 3.65. The van der Waals surface area contributed by atoms with Crippen LogP contribution in [0.3, 0.4) is 0 Å². The predicted molar refractivity (Wildman–Crippen MR) is 56.9 cm³/mol. The molecule has 0 aliphatic rings. The Morgan fingerprint density at radius 3 is 2.40 bits per heavy atom. The average molecular weight is 238 g/mol. The zero-order valence-corrected chi connectivity index (χ0v) is 9.75. The van der Waals surface area contributed by atoms with Crippen molar-refractivity contribution in [2.24, 2.45) is 11.7 Å². The van der Waals surface area contributed by atoms with E-state index in [9.17, 15) is 13.2 Å². The van der Waals surface area contributed by atoms with Crippen molar-refractivity contribution in [2.75, 3.05) is 12.3 Å². The molecule has 15 heavy (non-hydrogen) atoms. The van der Waals surface area contributed by atoms with Crippen LogP contribution in [0.5, 0.6) is 0 Å². The summed E-state index contributed by atoms with van der Waals surface area (Å²) in [4.78, 5) is 10.3. The number of carboxylic acid groups (broad SMARTS) is 1. The van der Waals surface area contributed by atoms with Gasteiger partial charge < -0.3 is 10.8 Å². The second kappa shape index (κ2) is 6.04. The number of carboxylic acids is 1. The lowest BCUT2D eigenvalue weighted by atomic mass is 10.2. The first kappa shape index (κ1) is 14.3. The van der Waals surface area contributed by atoms with E-state index in [0.717, 1.165) is 0 Å². The van der Waals surface area contributed by atoms with Gasteiger partial charge in [-0.25, -0.2) is 13.1 Å². The van der Waals surface area contributed by atoms with Gasteiger partial charge >= 0.3 is 5.97 Å². The molecule has 0 spiro atoms. The zero-order valence-electron chi connectivity index (χ0n) is 8.93. The van der Waals surface area contributed by atoms with Crippen molar-refractivity contribution in [2.45, 2.75) is 26.3 Å². The zero-order chi connectivity index (χ0) is 12.1. The summed E-state index contributed by atoms with van der Waals surface area (Å²) in [5, 5.41) is 8.45. The van der Waals surface area contributed by atoms with Crippen molar-refractivity contribution in [3.8, 4) is 0 Å². The largest absolute Gasteiger partial charge is 0.480 e. The van der Waals surface area contributed by atoms with Crippen LogP contribution in [-0.4, -0.2) is 37.8 Å². The molecular formula is C8H18N2O4S. The second-order valence-corrected chi connectivity index (χ2v) is 5.65. The third kappa shape index (κ3) is 7.29. The van der Waals surface area contributed by atoms with Crippen LogP contribution in [0.25, 0.3) is 0 Å². The molecule has 0 amide bonds. The lowest BCUT2D eigenvalue weighted by molar-refractivity contribution is -0.138. The minimum atomic E-state index is -3.30. The molecule has 4 N–H and O–H groups in total. The molecule has 1 atom stereocenters. The van der Waals surface area contributed by atoms with E-state index < -0.39 is 22.0 Å². The number of sulfonamides is 1. The summed E-state index contributed by atoms with van der Waals surface area (Å²) in [6.07, 6.45) is 0.0899. The maximum Gasteiger partial charge on any atom is 0.320 e. The Morgan fingerprint density at radius 2 is 2.00 bits per heavy atom. The first-order valence-corrected chi connectivity index (χ1v) is 6.35. The smallest absolute Gasteiger partial charge is 0.320 e. The summed E-state index contributed by atoms with van der Waals surface area (Å²) in [7, 11) is -3.30. The molecule has 0 aliphatic heterocycles. The van der Waals surface area contributed by atoms with Crippen molar-refractivity contribution < 1.29 is 18.3 Å². The van der Waals surface area contributed by atoms with Gasteiger partial charge in [0.05, 0.1) is 5.75 Å². The normalized spacial score (nSPS) is 14.1. The van der Waals surface area contributed by atoms with Crippen molar-refractivity contribution in [1.82, 2.24) is 4.72 Å². The molecule has 0 aromatic heterocycles. The van der Waals surface area contributed by atoms with Crippen LogP contribution in [0.4, 0.5) is 0 Å². The van der Waals surface area contributed by atoms with Crippen LogP contribution in [0.1, 0.15) is 20.3 Å². The molecule has 90 valence electrons. The van der Waals surface area contributed by atoms with E-state index in [4.69, 9.17) is 10.8 Å². The first-order valence-electron chi connectivity index (χ1n) is 4.70. The van der Waals surface area contributed by atoms with Crippen LogP contribution < -0.4 is 10.5 Å². The number of carbonyl (C=O) groups is 1. The fourth-order valence-corrected chi connectivity index (χ4v) is 2.42. The first-order chi connectivity index (χ1) is 6.74. The van der Waals surface area contributed by atoms with E-state index in [-0.39, 0.29) is 24.6 Å². The summed E-state index contributed by atoms with van der Waals surface area (Å²) >= 11 is 0. The molecule has 0 unspecified atom stereocenters. The predicted octanol–water partition coefficient (Wildman–Crippen LogP) is -0.636. The number of nitrogens with one attached hydrogen (secondary N) is 1. The molecule has 7 heteroatoms. The summed E-state index contributed by atoms with van der Waals surface area (Å²) in [5.41, 5.74) is 5.21. The third-order valence-electron chi connectivity index (χ3n) is 1.65. The van der Waals surface area contributed by atoms with E-state index in [2.05, 4.69) is 4.72 Å². The lowest BCUT2D eigenvalue weighted by Crippen LogP contribution is -2.36. The van der Waals surface area contributed by atoms with Gasteiger partial charge in [-0.3, -0.25) is 4.79 Å². The van der Waals surface area contributed by atoms with Crippen molar-refractivity contribution in [3.63, 3.8) is 0 Å². The maximum atomic E-state index is 11.3. The highest BCUT2D eigenvalue weighted by molar-refractivity contribution is 7.89. The summed E-state index contributed by atoms with van der Waals surface area (Å²) in [5.74, 6) is -1.05. The van der Waals surface area contributed by atoms with Crippen LogP contribution in [0, 0.1) is 5.92 Å². The van der Waals surface area contributed by atoms with Gasteiger partial charge in [0.2, 0.25) is 10.0 Å². The Bertz CT molecular complexity index is 300. The standard InChI is InChI=1S/C8H18N2O4S/c1-6(2)5-15(13,14)10-4-3-7(9)8(11)12/h6-7,10H,3-5,9H2,1-2H3,(H,11,12)/t7-/m0/s1. The molecule has 0 aromatic rings. The Kier molecular flexibility index (Phi) is 5.77. The molecule has 0 aliphatic carbocycles. The third-order valence-corrected chi connectivity index (χ3v) is 3.40. The van der Waals surface area contributed by atoms with Gasteiger partial charge in [-0.05, 0) is 12.3 Å². The van der Waals surface area contributed by atoms with Gasteiger partial charge in [0.25, 0.3) is 0 Å². The second-order valence-electron chi connectivity index (χ2n) is 3.80. The van der Waals surface area contributed by atoms with Gasteiger partial charge in [0.1, 0.15) is 6.04 Å². The molecule has 0 aromatic carbocycles. The average Bonchev–Trinajstić information content (AvgIpc) is 2.00. The number of hydrogen-bond acceptors (Lipinski definition) is 4.